The van der Waals surface area contributed by atoms with Gasteiger partial charge in [0.1, 0.15) is 12.1 Å². The minimum Gasteiger partial charge on any atom is -0.454 e. The first-order valence-electron chi connectivity index (χ1n) is 9.52. The number of nitrogens with zero attached hydrogens (tertiary/aromatic N) is 1. The molecular formula is C20H25N3O6. The second-order valence-corrected chi connectivity index (χ2v) is 6.81. The van der Waals surface area contributed by atoms with Crippen molar-refractivity contribution >= 4 is 29.7 Å². The first-order chi connectivity index (χ1) is 13.8. The van der Waals surface area contributed by atoms with Crippen LogP contribution in [0.5, 0.6) is 0 Å². The number of hydrogen-bond donors (Lipinski definition) is 2. The van der Waals surface area contributed by atoms with Gasteiger partial charge in [-0.1, -0.05) is 44.9 Å². The number of esters is 1. The third-order valence-corrected chi connectivity index (χ3v) is 4.54. The number of hydrogen-bond acceptors (Lipinski definition) is 6. The van der Waals surface area contributed by atoms with Gasteiger partial charge in [0.2, 0.25) is 0 Å². The summed E-state index contributed by atoms with van der Waals surface area (Å²) in [6.07, 6.45) is 2.34. The Labute approximate surface area is 168 Å². The lowest BCUT2D eigenvalue weighted by atomic mass is 9.88. The Morgan fingerprint density at radius 2 is 1.69 bits per heavy atom. The van der Waals surface area contributed by atoms with Gasteiger partial charge >= 0.3 is 12.0 Å². The molecule has 2 rings (SSSR count). The number of urea groups is 1. The third kappa shape index (κ3) is 5.40. The molecule has 0 atom stereocenters. The molecule has 1 aromatic rings. The average molecular weight is 403 g/mol. The van der Waals surface area contributed by atoms with Gasteiger partial charge in [0.25, 0.3) is 17.7 Å². The molecule has 1 aliphatic rings. The number of ether oxygens (including phenoxy) is 1. The number of carbonyl (C=O) groups excluding carboxylic acids is 5. The average Bonchev–Trinajstić information content (AvgIpc) is 2.92. The molecule has 0 radical (unpaired) electrons. The lowest BCUT2D eigenvalue weighted by Crippen LogP contribution is -2.47. The van der Waals surface area contributed by atoms with E-state index < -0.39 is 48.4 Å². The molecule has 0 spiro atoms. The highest BCUT2D eigenvalue weighted by atomic mass is 16.5. The summed E-state index contributed by atoms with van der Waals surface area (Å²) in [6, 6.07) is 7.43. The minimum atomic E-state index is -1.000. The second kappa shape index (κ2) is 9.81. The summed E-state index contributed by atoms with van der Waals surface area (Å²) in [5, 5.41) is 4.78. The van der Waals surface area contributed by atoms with Crippen LogP contribution in [0.1, 0.15) is 49.9 Å². The number of rotatable bonds is 9. The van der Waals surface area contributed by atoms with Gasteiger partial charge in [-0.05, 0) is 25.0 Å². The van der Waals surface area contributed by atoms with Crippen molar-refractivity contribution < 1.29 is 28.7 Å². The fourth-order valence-electron chi connectivity index (χ4n) is 3.28. The van der Waals surface area contributed by atoms with E-state index in [9.17, 15) is 24.0 Å². The van der Waals surface area contributed by atoms with Gasteiger partial charge in [0, 0.05) is 5.56 Å². The van der Waals surface area contributed by atoms with Crippen molar-refractivity contribution in [2.75, 3.05) is 13.2 Å². The predicted molar refractivity (Wildman–Crippen MR) is 103 cm³/mol. The Morgan fingerprint density at radius 1 is 1.07 bits per heavy atom. The lowest BCUT2D eigenvalue weighted by molar-refractivity contribution is -0.151. The van der Waals surface area contributed by atoms with E-state index in [1.165, 1.54) is 12.1 Å². The molecule has 29 heavy (non-hydrogen) atoms. The van der Waals surface area contributed by atoms with Crippen LogP contribution in [0.2, 0.25) is 0 Å². The predicted octanol–water partition coefficient (Wildman–Crippen LogP) is 1.38. The summed E-state index contributed by atoms with van der Waals surface area (Å²) < 4.78 is 4.81. The van der Waals surface area contributed by atoms with E-state index in [1.807, 2.05) is 13.8 Å². The smallest absolute Gasteiger partial charge is 0.326 e. The van der Waals surface area contributed by atoms with Gasteiger partial charge < -0.3 is 10.1 Å². The molecule has 0 aliphatic carbocycles. The van der Waals surface area contributed by atoms with Crippen LogP contribution in [0.25, 0.3) is 0 Å². The molecule has 0 saturated carbocycles. The van der Waals surface area contributed by atoms with Crippen molar-refractivity contribution in [2.24, 2.45) is 0 Å². The molecule has 1 fully saturated rings. The quantitative estimate of drug-likeness (QED) is 0.474. The summed E-state index contributed by atoms with van der Waals surface area (Å²) in [4.78, 5) is 61.4. The maximum absolute atomic E-state index is 12.7. The topological polar surface area (TPSA) is 122 Å². The highest BCUT2D eigenvalue weighted by Gasteiger charge is 2.50. The Bertz CT molecular complexity index is 787. The second-order valence-electron chi connectivity index (χ2n) is 6.81. The molecule has 156 valence electrons. The third-order valence-electron chi connectivity index (χ3n) is 4.54. The summed E-state index contributed by atoms with van der Waals surface area (Å²) in [7, 11) is 0. The van der Waals surface area contributed by atoms with Crippen molar-refractivity contribution in [1.82, 2.24) is 15.5 Å². The number of amides is 5. The molecular weight excluding hydrogens is 378 g/mol. The molecule has 0 bridgehead atoms. The van der Waals surface area contributed by atoms with Gasteiger partial charge in [-0.3, -0.25) is 29.4 Å². The Morgan fingerprint density at radius 3 is 2.28 bits per heavy atom. The van der Waals surface area contributed by atoms with Crippen molar-refractivity contribution in [3.63, 3.8) is 0 Å². The van der Waals surface area contributed by atoms with Crippen LogP contribution in [0.15, 0.2) is 30.3 Å². The maximum Gasteiger partial charge on any atom is 0.326 e. The van der Waals surface area contributed by atoms with E-state index in [4.69, 9.17) is 4.74 Å². The number of benzene rings is 1. The first-order valence-corrected chi connectivity index (χ1v) is 9.52. The minimum absolute atomic E-state index is 0.287. The van der Waals surface area contributed by atoms with Crippen LogP contribution in [0.3, 0.4) is 0 Å². The molecule has 0 unspecified atom stereocenters. The Balaban J connectivity index is 1.87. The standard InChI is InChI=1S/C20H25N3O6/c1-3-10-20(11-4-2)18(27)23(19(28)22-20)12-16(25)29-13-15(24)21-17(26)14-8-6-5-7-9-14/h5-9H,3-4,10-13H2,1-2H3,(H,22,28)(H,21,24,26). The molecule has 1 heterocycles. The summed E-state index contributed by atoms with van der Waals surface area (Å²) >= 11 is 0. The van der Waals surface area contributed by atoms with Gasteiger partial charge in [0.05, 0.1) is 0 Å². The fraction of sp³-hybridized carbons (Fsp3) is 0.450. The van der Waals surface area contributed by atoms with Gasteiger partial charge in [-0.15, -0.1) is 0 Å². The van der Waals surface area contributed by atoms with Crippen molar-refractivity contribution in [1.29, 1.82) is 0 Å². The molecule has 5 amide bonds. The SMILES string of the molecule is CCCC1(CCC)NC(=O)N(CC(=O)OCC(=O)NC(=O)c2ccccc2)C1=O. The number of carbonyl (C=O) groups is 5. The molecule has 1 aromatic carbocycles. The first kappa shape index (κ1) is 22.1. The van der Waals surface area contributed by atoms with Crippen molar-refractivity contribution in [3.05, 3.63) is 35.9 Å². The van der Waals surface area contributed by atoms with Crippen LogP contribution in [0.4, 0.5) is 4.79 Å². The van der Waals surface area contributed by atoms with Crippen LogP contribution in [0, 0.1) is 0 Å². The molecule has 1 saturated heterocycles. The maximum atomic E-state index is 12.7. The molecule has 0 aromatic heterocycles. The summed E-state index contributed by atoms with van der Waals surface area (Å²) in [5.74, 6) is -2.81. The van der Waals surface area contributed by atoms with Crippen LogP contribution >= 0.6 is 0 Å². The largest absolute Gasteiger partial charge is 0.454 e. The van der Waals surface area contributed by atoms with Crippen LogP contribution < -0.4 is 10.6 Å². The van der Waals surface area contributed by atoms with E-state index in [1.54, 1.807) is 18.2 Å². The molecule has 1 aliphatic heterocycles. The van der Waals surface area contributed by atoms with Crippen molar-refractivity contribution in [3.8, 4) is 0 Å². The summed E-state index contributed by atoms with van der Waals surface area (Å²) in [5.41, 5.74) is -0.713. The van der Waals surface area contributed by atoms with Crippen LogP contribution in [-0.4, -0.2) is 53.3 Å². The van der Waals surface area contributed by atoms with Crippen molar-refractivity contribution in [2.45, 2.75) is 45.1 Å². The zero-order valence-corrected chi connectivity index (χ0v) is 16.5. The fourth-order valence-corrected chi connectivity index (χ4v) is 3.28. The highest BCUT2D eigenvalue weighted by molar-refractivity contribution is 6.09. The zero-order valence-electron chi connectivity index (χ0n) is 16.5. The normalized spacial score (nSPS) is 15.0. The molecule has 9 heteroatoms. The lowest BCUT2D eigenvalue weighted by Gasteiger charge is -2.25. The number of imide groups is 2. The zero-order chi connectivity index (χ0) is 21.4. The van der Waals surface area contributed by atoms with Gasteiger partial charge in [-0.25, -0.2) is 4.79 Å². The molecule has 2 N–H and O–H groups in total. The van der Waals surface area contributed by atoms with Crippen LogP contribution in [-0.2, 0) is 19.1 Å². The molecule has 9 nitrogen and oxygen atoms in total. The highest BCUT2D eigenvalue weighted by Crippen LogP contribution is 2.27. The number of nitrogens with one attached hydrogen (secondary N) is 2. The Hall–Kier alpha value is -3.23. The van der Waals surface area contributed by atoms with Gasteiger partial charge in [-0.2, -0.15) is 0 Å². The van der Waals surface area contributed by atoms with E-state index in [-0.39, 0.29) is 5.56 Å². The Kier molecular flexibility index (Phi) is 7.46. The van der Waals surface area contributed by atoms with E-state index in [0.29, 0.717) is 25.7 Å². The van der Waals surface area contributed by atoms with E-state index in [2.05, 4.69) is 10.6 Å². The van der Waals surface area contributed by atoms with Gasteiger partial charge in [0.15, 0.2) is 6.61 Å². The summed E-state index contributed by atoms with van der Waals surface area (Å²) in [6.45, 7) is 2.52. The monoisotopic (exact) mass is 403 g/mol. The van der Waals surface area contributed by atoms with E-state index in [0.717, 1.165) is 4.90 Å². The van der Waals surface area contributed by atoms with E-state index >= 15 is 0 Å².